The fraction of sp³-hybridized carbons (Fsp3) is 0.579. The Morgan fingerprint density at radius 1 is 1.12 bits per heavy atom. The molecule has 0 aliphatic carbocycles. The molecule has 26 heavy (non-hydrogen) atoms. The smallest absolute Gasteiger partial charge is 0.414 e. The first-order valence-corrected chi connectivity index (χ1v) is 8.89. The minimum Gasteiger partial charge on any atom is -0.492 e. The van der Waals surface area contributed by atoms with E-state index in [0.29, 0.717) is 0 Å². The van der Waals surface area contributed by atoms with Crippen LogP contribution in [0.25, 0.3) is 0 Å². The van der Waals surface area contributed by atoms with Crippen LogP contribution in [-0.4, -0.2) is 66.4 Å². The number of benzene rings is 1. The minimum atomic E-state index is -1.82. The van der Waals surface area contributed by atoms with Crippen molar-refractivity contribution in [2.75, 3.05) is 39.3 Å². The molecule has 7 heteroatoms. The quantitative estimate of drug-likeness (QED) is 0.660. The van der Waals surface area contributed by atoms with E-state index in [2.05, 4.69) is 55.3 Å². The predicted molar refractivity (Wildman–Crippen MR) is 99.8 cm³/mol. The number of carboxylic acids is 2. The van der Waals surface area contributed by atoms with Crippen LogP contribution in [0.2, 0.25) is 0 Å². The maximum atomic E-state index is 9.10. The monoisotopic (exact) mass is 366 g/mol. The third-order valence-corrected chi connectivity index (χ3v) is 4.59. The summed E-state index contributed by atoms with van der Waals surface area (Å²) in [7, 11) is 0. The summed E-state index contributed by atoms with van der Waals surface area (Å²) in [6, 6.07) is 8.60. The topological polar surface area (TPSA) is 99.1 Å². The molecule has 0 spiro atoms. The average Bonchev–Trinajstić information content (AvgIpc) is 2.63. The van der Waals surface area contributed by atoms with E-state index in [4.69, 9.17) is 24.5 Å². The van der Waals surface area contributed by atoms with Gasteiger partial charge in [-0.15, -0.1) is 0 Å². The van der Waals surface area contributed by atoms with Gasteiger partial charge < -0.3 is 20.3 Å². The van der Waals surface area contributed by atoms with Gasteiger partial charge in [-0.2, -0.15) is 0 Å². The summed E-state index contributed by atoms with van der Waals surface area (Å²) in [4.78, 5) is 20.6. The number of hydrogen-bond acceptors (Lipinski definition) is 5. The van der Waals surface area contributed by atoms with Crippen LogP contribution in [0.3, 0.4) is 0 Å². The Bertz CT molecular complexity index is 554. The van der Waals surface area contributed by atoms with Gasteiger partial charge in [-0.05, 0) is 29.5 Å². The van der Waals surface area contributed by atoms with Gasteiger partial charge in [0.1, 0.15) is 12.4 Å². The highest BCUT2D eigenvalue weighted by atomic mass is 16.5. The molecule has 2 rings (SSSR count). The molecular formula is C19H30N2O5. The van der Waals surface area contributed by atoms with Crippen molar-refractivity contribution in [3.63, 3.8) is 0 Å². The molecule has 0 bridgehead atoms. The van der Waals surface area contributed by atoms with Gasteiger partial charge in [0, 0.05) is 32.7 Å². The van der Waals surface area contributed by atoms with Crippen molar-refractivity contribution in [3.05, 3.63) is 29.8 Å². The van der Waals surface area contributed by atoms with E-state index in [-0.39, 0.29) is 5.41 Å². The third-order valence-electron chi connectivity index (χ3n) is 4.59. The van der Waals surface area contributed by atoms with Crippen molar-refractivity contribution in [1.29, 1.82) is 0 Å². The number of rotatable bonds is 6. The molecule has 1 aliphatic heterocycles. The Labute approximate surface area is 155 Å². The Kier molecular flexibility index (Phi) is 9.09. The zero-order valence-electron chi connectivity index (χ0n) is 15.8. The fourth-order valence-electron chi connectivity index (χ4n) is 2.43. The molecule has 1 heterocycles. The highest BCUT2D eigenvalue weighted by Crippen LogP contribution is 2.27. The molecule has 1 aliphatic rings. The average molecular weight is 366 g/mol. The first kappa shape index (κ1) is 21.9. The van der Waals surface area contributed by atoms with Crippen LogP contribution in [0, 0.1) is 0 Å². The molecule has 1 aromatic carbocycles. The molecule has 1 saturated heterocycles. The molecular weight excluding hydrogens is 336 g/mol. The summed E-state index contributed by atoms with van der Waals surface area (Å²) in [6.45, 7) is 13.1. The third kappa shape index (κ3) is 7.84. The first-order valence-electron chi connectivity index (χ1n) is 8.89. The highest BCUT2D eigenvalue weighted by Gasteiger charge is 2.17. The van der Waals surface area contributed by atoms with E-state index < -0.39 is 11.9 Å². The molecule has 0 radical (unpaired) electrons. The summed E-state index contributed by atoms with van der Waals surface area (Å²) in [5, 5.41) is 18.1. The number of piperazine rings is 1. The molecule has 7 nitrogen and oxygen atoms in total. The lowest BCUT2D eigenvalue weighted by Crippen LogP contribution is -2.44. The van der Waals surface area contributed by atoms with Crippen molar-refractivity contribution in [1.82, 2.24) is 10.2 Å². The van der Waals surface area contributed by atoms with Crippen molar-refractivity contribution in [2.24, 2.45) is 0 Å². The second-order valence-electron chi connectivity index (χ2n) is 6.81. The molecule has 146 valence electrons. The van der Waals surface area contributed by atoms with E-state index in [1.807, 2.05) is 0 Å². The number of nitrogens with one attached hydrogen (secondary N) is 1. The standard InChI is InChI=1S/C17H28N2O.C2H2O4/c1-4-17(2,3)15-5-7-16(8-6-15)20-14-13-19-11-9-18-10-12-19;3-1(4)2(5)6/h5-8,18H,4,9-14H2,1-3H3;(H,3,4)(H,5,6). The number of hydrogen-bond donors (Lipinski definition) is 3. The number of nitrogens with zero attached hydrogens (tertiary/aromatic N) is 1. The number of ether oxygens (including phenoxy) is 1. The van der Waals surface area contributed by atoms with Crippen molar-refractivity contribution in [3.8, 4) is 5.75 Å². The number of carbonyl (C=O) groups is 2. The Balaban J connectivity index is 0.000000487. The minimum absolute atomic E-state index is 0.249. The number of aliphatic carboxylic acids is 2. The van der Waals surface area contributed by atoms with Crippen LogP contribution in [0.1, 0.15) is 32.8 Å². The van der Waals surface area contributed by atoms with Crippen LogP contribution in [0.4, 0.5) is 0 Å². The molecule has 1 aromatic rings. The lowest BCUT2D eigenvalue weighted by molar-refractivity contribution is -0.159. The van der Waals surface area contributed by atoms with E-state index >= 15 is 0 Å². The molecule has 1 fully saturated rings. The van der Waals surface area contributed by atoms with Gasteiger partial charge in [-0.1, -0.05) is 32.9 Å². The van der Waals surface area contributed by atoms with Crippen molar-refractivity contribution in [2.45, 2.75) is 32.6 Å². The van der Waals surface area contributed by atoms with Crippen LogP contribution in [0.15, 0.2) is 24.3 Å². The van der Waals surface area contributed by atoms with Gasteiger partial charge in [0.15, 0.2) is 0 Å². The summed E-state index contributed by atoms with van der Waals surface area (Å²) >= 11 is 0. The first-order chi connectivity index (χ1) is 12.3. The van der Waals surface area contributed by atoms with Gasteiger partial charge >= 0.3 is 11.9 Å². The van der Waals surface area contributed by atoms with Crippen LogP contribution < -0.4 is 10.1 Å². The SMILES string of the molecule is CCC(C)(C)c1ccc(OCCN2CCNCC2)cc1.O=C(O)C(=O)O. The molecule has 0 atom stereocenters. The fourth-order valence-corrected chi connectivity index (χ4v) is 2.43. The normalized spacial score (nSPS) is 14.9. The summed E-state index contributed by atoms with van der Waals surface area (Å²) < 4.78 is 5.85. The number of carboxylic acid groups (broad SMARTS) is 2. The van der Waals surface area contributed by atoms with E-state index in [0.717, 1.165) is 51.5 Å². The van der Waals surface area contributed by atoms with E-state index in [9.17, 15) is 0 Å². The molecule has 3 N–H and O–H groups in total. The lowest BCUT2D eigenvalue weighted by Gasteiger charge is -2.27. The zero-order chi connectivity index (χ0) is 19.6. The maximum Gasteiger partial charge on any atom is 0.414 e. The largest absolute Gasteiger partial charge is 0.492 e. The lowest BCUT2D eigenvalue weighted by atomic mass is 9.82. The van der Waals surface area contributed by atoms with Gasteiger partial charge in [0.2, 0.25) is 0 Å². The van der Waals surface area contributed by atoms with Crippen LogP contribution in [-0.2, 0) is 15.0 Å². The molecule has 0 aromatic heterocycles. The Morgan fingerprint density at radius 3 is 2.12 bits per heavy atom. The van der Waals surface area contributed by atoms with Crippen molar-refractivity contribution < 1.29 is 24.5 Å². The van der Waals surface area contributed by atoms with E-state index in [1.54, 1.807) is 0 Å². The summed E-state index contributed by atoms with van der Waals surface area (Å²) in [6.07, 6.45) is 1.15. The zero-order valence-corrected chi connectivity index (χ0v) is 15.8. The van der Waals surface area contributed by atoms with Gasteiger partial charge in [0.05, 0.1) is 0 Å². The summed E-state index contributed by atoms with van der Waals surface area (Å²) in [5.74, 6) is -2.67. The van der Waals surface area contributed by atoms with Gasteiger partial charge in [-0.3, -0.25) is 4.90 Å². The Morgan fingerprint density at radius 2 is 1.65 bits per heavy atom. The second kappa shape index (κ2) is 10.8. The Hall–Kier alpha value is -2.12. The van der Waals surface area contributed by atoms with E-state index in [1.165, 1.54) is 5.56 Å². The molecule has 0 unspecified atom stereocenters. The highest BCUT2D eigenvalue weighted by molar-refractivity contribution is 6.27. The predicted octanol–water partition coefficient (Wildman–Crippen LogP) is 1.81. The molecule has 0 amide bonds. The maximum absolute atomic E-state index is 9.10. The van der Waals surface area contributed by atoms with Crippen LogP contribution in [0.5, 0.6) is 5.75 Å². The van der Waals surface area contributed by atoms with Crippen molar-refractivity contribution >= 4 is 11.9 Å². The van der Waals surface area contributed by atoms with Gasteiger partial charge in [-0.25, -0.2) is 9.59 Å². The van der Waals surface area contributed by atoms with Crippen LogP contribution >= 0.6 is 0 Å². The van der Waals surface area contributed by atoms with Gasteiger partial charge in [0.25, 0.3) is 0 Å². The summed E-state index contributed by atoms with van der Waals surface area (Å²) in [5.41, 5.74) is 1.63. The molecule has 0 saturated carbocycles. The second-order valence-corrected chi connectivity index (χ2v) is 6.81.